The van der Waals surface area contributed by atoms with E-state index < -0.39 is 12.2 Å². The first-order valence-corrected chi connectivity index (χ1v) is 12.9. The molecule has 9 heteroatoms. The van der Waals surface area contributed by atoms with E-state index in [1.807, 2.05) is 36.4 Å². The highest BCUT2D eigenvalue weighted by Gasteiger charge is 2.24. The van der Waals surface area contributed by atoms with Gasteiger partial charge in [-0.25, -0.2) is 10.3 Å². The van der Waals surface area contributed by atoms with Crippen LogP contribution in [0, 0.1) is 0 Å². The second kappa shape index (κ2) is 13.9. The Kier molecular flexibility index (Phi) is 10.1. The zero-order chi connectivity index (χ0) is 26.7. The number of aromatic amines is 1. The van der Waals surface area contributed by atoms with Crippen molar-refractivity contribution in [2.45, 2.75) is 45.1 Å². The fourth-order valence-electron chi connectivity index (χ4n) is 4.47. The summed E-state index contributed by atoms with van der Waals surface area (Å²) >= 11 is 0. The largest absolute Gasteiger partial charge is 0.460 e. The van der Waals surface area contributed by atoms with Crippen LogP contribution >= 0.6 is 0 Å². The van der Waals surface area contributed by atoms with E-state index in [1.165, 1.54) is 23.9 Å². The zero-order valence-electron chi connectivity index (χ0n) is 21.6. The first-order valence-electron chi connectivity index (χ1n) is 12.9. The fraction of sp³-hybridized carbons (Fsp3) is 0.379. The number of aromatic nitrogens is 1. The molecule has 1 fully saturated rings. The maximum Gasteiger partial charge on any atom is 0.302 e. The molecule has 0 saturated carbocycles. The summed E-state index contributed by atoms with van der Waals surface area (Å²) < 4.78 is 10.6. The number of aliphatic hydroxyl groups is 1. The standard InChI is InChI=1S/C29H35N3O6/c1-21(34)37-25-11-13-29(36-20-25)38-31-28(35)12-10-22-6-8-23(9-7-22)19-32(16-17-33)15-14-24-18-30-27-5-3-2-4-26(24)27/h2-10,12,18,25,29-30,33H,11,13-17,19-20H2,1H3,(H,31,35)/b12-10+. The van der Waals surface area contributed by atoms with Gasteiger partial charge in [-0.3, -0.25) is 14.5 Å². The quantitative estimate of drug-likeness (QED) is 0.190. The second-order valence-corrected chi connectivity index (χ2v) is 9.34. The molecular weight excluding hydrogens is 486 g/mol. The first-order chi connectivity index (χ1) is 18.5. The predicted molar refractivity (Wildman–Crippen MR) is 144 cm³/mol. The van der Waals surface area contributed by atoms with Gasteiger partial charge in [0.1, 0.15) is 6.10 Å². The summed E-state index contributed by atoms with van der Waals surface area (Å²) in [6, 6.07) is 16.2. The van der Waals surface area contributed by atoms with E-state index in [2.05, 4.69) is 33.7 Å². The van der Waals surface area contributed by atoms with Gasteiger partial charge in [0.25, 0.3) is 5.91 Å². The third-order valence-corrected chi connectivity index (χ3v) is 6.42. The Bertz CT molecular complexity index is 1210. The summed E-state index contributed by atoms with van der Waals surface area (Å²) in [5.41, 5.74) is 6.79. The molecule has 0 aliphatic carbocycles. The molecule has 2 unspecified atom stereocenters. The smallest absolute Gasteiger partial charge is 0.302 e. The Hall–Kier alpha value is -3.50. The number of nitrogens with one attached hydrogen (secondary N) is 2. The Morgan fingerprint density at radius 3 is 2.71 bits per heavy atom. The van der Waals surface area contributed by atoms with Gasteiger partial charge in [-0.1, -0.05) is 42.5 Å². The number of hydrogen-bond donors (Lipinski definition) is 3. The van der Waals surface area contributed by atoms with Crippen molar-refractivity contribution >= 4 is 28.9 Å². The lowest BCUT2D eigenvalue weighted by Crippen LogP contribution is -2.37. The number of para-hydroxylation sites is 1. The average molecular weight is 522 g/mol. The van der Waals surface area contributed by atoms with Gasteiger partial charge >= 0.3 is 5.97 Å². The van der Waals surface area contributed by atoms with Gasteiger partial charge in [0.2, 0.25) is 0 Å². The number of esters is 1. The molecule has 2 heterocycles. The van der Waals surface area contributed by atoms with Crippen LogP contribution in [0.4, 0.5) is 0 Å². The highest BCUT2D eigenvalue weighted by atomic mass is 16.8. The number of benzene rings is 2. The number of hydroxylamine groups is 1. The van der Waals surface area contributed by atoms with Crippen molar-refractivity contribution in [2.24, 2.45) is 0 Å². The van der Waals surface area contributed by atoms with E-state index in [0.717, 1.165) is 36.2 Å². The molecule has 9 nitrogen and oxygen atoms in total. The number of aliphatic hydroxyl groups excluding tert-OH is 1. The maximum atomic E-state index is 12.1. The molecule has 1 aliphatic heterocycles. The summed E-state index contributed by atoms with van der Waals surface area (Å²) in [5, 5.41) is 10.8. The molecule has 3 aromatic rings. The zero-order valence-corrected chi connectivity index (χ0v) is 21.6. The third-order valence-electron chi connectivity index (χ3n) is 6.42. The van der Waals surface area contributed by atoms with E-state index in [4.69, 9.17) is 14.3 Å². The molecule has 4 rings (SSSR count). The van der Waals surface area contributed by atoms with Crippen LogP contribution in [0.15, 0.2) is 60.8 Å². The average Bonchev–Trinajstić information content (AvgIpc) is 3.34. The Morgan fingerprint density at radius 2 is 1.97 bits per heavy atom. The van der Waals surface area contributed by atoms with E-state index in [9.17, 15) is 14.7 Å². The molecule has 38 heavy (non-hydrogen) atoms. The number of fused-ring (bicyclic) bond motifs is 1. The van der Waals surface area contributed by atoms with Crippen LogP contribution in [-0.2, 0) is 36.9 Å². The molecule has 1 aliphatic rings. The number of hydrogen-bond acceptors (Lipinski definition) is 7. The van der Waals surface area contributed by atoms with Gasteiger partial charge in [-0.05, 0) is 41.7 Å². The van der Waals surface area contributed by atoms with Gasteiger partial charge in [-0.2, -0.15) is 0 Å². The maximum absolute atomic E-state index is 12.1. The van der Waals surface area contributed by atoms with Crippen molar-refractivity contribution in [3.63, 3.8) is 0 Å². The van der Waals surface area contributed by atoms with Crippen LogP contribution in [0.25, 0.3) is 17.0 Å². The summed E-state index contributed by atoms with van der Waals surface area (Å²) in [4.78, 5) is 34.0. The van der Waals surface area contributed by atoms with E-state index in [1.54, 1.807) is 6.08 Å². The molecule has 202 valence electrons. The number of carbonyl (C=O) groups is 2. The van der Waals surface area contributed by atoms with Crippen molar-refractivity contribution in [1.29, 1.82) is 0 Å². The van der Waals surface area contributed by atoms with Gasteiger partial charge in [-0.15, -0.1) is 0 Å². The fourth-order valence-corrected chi connectivity index (χ4v) is 4.47. The minimum absolute atomic E-state index is 0.102. The van der Waals surface area contributed by atoms with Crippen LogP contribution in [0.2, 0.25) is 0 Å². The second-order valence-electron chi connectivity index (χ2n) is 9.34. The van der Waals surface area contributed by atoms with Gasteiger partial charge < -0.3 is 19.6 Å². The SMILES string of the molecule is CC(=O)OC1CCC(ONC(=O)/C=C/c2ccc(CN(CCO)CCc3c[nH]c4ccccc34)cc2)OC1. The lowest BCUT2D eigenvalue weighted by molar-refractivity contribution is -0.219. The first kappa shape index (κ1) is 27.5. The topological polar surface area (TPSA) is 113 Å². The third kappa shape index (κ3) is 8.26. The molecule has 2 atom stereocenters. The minimum Gasteiger partial charge on any atom is -0.460 e. The molecule has 0 spiro atoms. The summed E-state index contributed by atoms with van der Waals surface area (Å²) in [5.74, 6) is -0.737. The van der Waals surface area contributed by atoms with Crippen molar-refractivity contribution < 1.29 is 29.0 Å². The Balaban J connectivity index is 1.21. The Labute approximate surface area is 222 Å². The van der Waals surface area contributed by atoms with Crippen LogP contribution in [0.1, 0.15) is 36.5 Å². The van der Waals surface area contributed by atoms with Gasteiger partial charge in [0, 0.05) is 56.2 Å². The number of carbonyl (C=O) groups excluding carboxylic acids is 2. The van der Waals surface area contributed by atoms with Crippen LogP contribution < -0.4 is 5.48 Å². The molecule has 1 saturated heterocycles. The molecule has 1 amide bonds. The minimum atomic E-state index is -0.573. The monoisotopic (exact) mass is 521 g/mol. The highest BCUT2D eigenvalue weighted by molar-refractivity contribution is 5.90. The van der Waals surface area contributed by atoms with Crippen molar-refractivity contribution in [3.05, 3.63) is 77.5 Å². The molecule has 0 bridgehead atoms. The van der Waals surface area contributed by atoms with E-state index >= 15 is 0 Å². The van der Waals surface area contributed by atoms with E-state index in [0.29, 0.717) is 19.4 Å². The number of amides is 1. The summed E-state index contributed by atoms with van der Waals surface area (Å²) in [7, 11) is 0. The van der Waals surface area contributed by atoms with Crippen LogP contribution in [0.3, 0.4) is 0 Å². The van der Waals surface area contributed by atoms with E-state index in [-0.39, 0.29) is 25.3 Å². The lowest BCUT2D eigenvalue weighted by atomic mass is 10.1. The summed E-state index contributed by atoms with van der Waals surface area (Å²) in [6.45, 7) is 3.85. The lowest BCUT2D eigenvalue weighted by Gasteiger charge is -2.27. The number of H-pyrrole nitrogens is 1. The van der Waals surface area contributed by atoms with Crippen LogP contribution in [-0.4, -0.2) is 65.6 Å². The van der Waals surface area contributed by atoms with Gasteiger partial charge in [0.05, 0.1) is 13.2 Å². The molecule has 0 radical (unpaired) electrons. The molecule has 3 N–H and O–H groups in total. The van der Waals surface area contributed by atoms with Crippen molar-refractivity contribution in [3.8, 4) is 0 Å². The number of nitrogens with zero attached hydrogens (tertiary/aromatic N) is 1. The van der Waals surface area contributed by atoms with Crippen LogP contribution in [0.5, 0.6) is 0 Å². The predicted octanol–water partition coefficient (Wildman–Crippen LogP) is 3.33. The normalized spacial score (nSPS) is 17.8. The molecular formula is C29H35N3O6. The highest BCUT2D eigenvalue weighted by Crippen LogP contribution is 2.19. The van der Waals surface area contributed by atoms with Gasteiger partial charge in [0.15, 0.2) is 6.29 Å². The van der Waals surface area contributed by atoms with Crippen molar-refractivity contribution in [2.75, 3.05) is 26.3 Å². The molecule has 1 aromatic heterocycles. The summed E-state index contributed by atoms with van der Waals surface area (Å²) in [6.07, 6.45) is 6.34. The van der Waals surface area contributed by atoms with Crippen molar-refractivity contribution in [1.82, 2.24) is 15.4 Å². The molecule has 2 aromatic carbocycles. The number of rotatable bonds is 12. The number of ether oxygens (including phenoxy) is 2. The Morgan fingerprint density at radius 1 is 1.16 bits per heavy atom.